The van der Waals surface area contributed by atoms with Crippen LogP contribution in [0.5, 0.6) is 0 Å². The Labute approximate surface area is 96.5 Å². The molecule has 1 aromatic carbocycles. The number of carbonyl (C=O) groups is 1. The molecule has 0 bridgehead atoms. The number of hydrogen-bond donors (Lipinski definition) is 2. The van der Waals surface area contributed by atoms with E-state index in [0.717, 1.165) is 12.1 Å². The lowest BCUT2D eigenvalue weighted by atomic mass is 10.1. The predicted molar refractivity (Wildman–Crippen MR) is 64.4 cm³/mol. The molecule has 1 aromatic rings. The van der Waals surface area contributed by atoms with Gasteiger partial charge in [0, 0.05) is 12.1 Å². The average molecular weight is 221 g/mol. The summed E-state index contributed by atoms with van der Waals surface area (Å²) in [5.74, 6) is -0.791. The second kappa shape index (κ2) is 5.12. The zero-order valence-corrected chi connectivity index (χ0v) is 10.1. The Balaban J connectivity index is 2.55. The Morgan fingerprint density at radius 1 is 1.19 bits per heavy atom. The van der Waals surface area contributed by atoms with E-state index in [-0.39, 0.29) is 12.0 Å². The molecule has 0 amide bonds. The molecule has 88 valence electrons. The maximum absolute atomic E-state index is 10.5. The Morgan fingerprint density at radius 2 is 1.69 bits per heavy atom. The van der Waals surface area contributed by atoms with Crippen LogP contribution in [0.1, 0.15) is 31.9 Å². The van der Waals surface area contributed by atoms with Crippen molar-refractivity contribution in [2.45, 2.75) is 39.3 Å². The van der Waals surface area contributed by atoms with E-state index < -0.39 is 5.97 Å². The molecule has 3 heteroatoms. The number of benzene rings is 1. The van der Waals surface area contributed by atoms with Crippen molar-refractivity contribution in [1.82, 2.24) is 5.32 Å². The zero-order chi connectivity index (χ0) is 12.2. The minimum absolute atomic E-state index is 0.0903. The van der Waals surface area contributed by atoms with Crippen molar-refractivity contribution >= 4 is 5.97 Å². The van der Waals surface area contributed by atoms with Crippen molar-refractivity contribution in [2.24, 2.45) is 0 Å². The van der Waals surface area contributed by atoms with Gasteiger partial charge >= 0.3 is 5.97 Å². The van der Waals surface area contributed by atoms with Crippen LogP contribution in [0.3, 0.4) is 0 Å². The first-order valence-corrected chi connectivity index (χ1v) is 5.41. The second-order valence-corrected chi connectivity index (χ2v) is 4.99. The van der Waals surface area contributed by atoms with Crippen LogP contribution in [0, 0.1) is 0 Å². The topological polar surface area (TPSA) is 49.3 Å². The molecular weight excluding hydrogens is 202 g/mol. The number of hydrogen-bond acceptors (Lipinski definition) is 2. The molecule has 0 radical (unpaired) electrons. The van der Waals surface area contributed by atoms with Crippen molar-refractivity contribution in [3.8, 4) is 0 Å². The Hall–Kier alpha value is -1.35. The summed E-state index contributed by atoms with van der Waals surface area (Å²) in [6.07, 6.45) is 0.0903. The molecule has 0 saturated carbocycles. The highest BCUT2D eigenvalue weighted by molar-refractivity contribution is 5.70. The normalized spacial score (nSPS) is 11.4. The Kier molecular flexibility index (Phi) is 4.07. The fourth-order valence-electron chi connectivity index (χ4n) is 1.32. The van der Waals surface area contributed by atoms with Crippen molar-refractivity contribution < 1.29 is 9.90 Å². The van der Waals surface area contributed by atoms with Gasteiger partial charge < -0.3 is 10.4 Å². The lowest BCUT2D eigenvalue weighted by Crippen LogP contribution is -2.35. The first kappa shape index (κ1) is 12.7. The molecule has 0 heterocycles. The Morgan fingerprint density at radius 3 is 2.12 bits per heavy atom. The van der Waals surface area contributed by atoms with Gasteiger partial charge in [-0.05, 0) is 31.9 Å². The number of aliphatic carboxylic acids is 1. The van der Waals surface area contributed by atoms with Crippen LogP contribution in [0.25, 0.3) is 0 Å². The van der Waals surface area contributed by atoms with Crippen LogP contribution < -0.4 is 5.32 Å². The lowest BCUT2D eigenvalue weighted by molar-refractivity contribution is -0.136. The first-order chi connectivity index (χ1) is 7.37. The van der Waals surface area contributed by atoms with Crippen LogP contribution in [0.2, 0.25) is 0 Å². The summed E-state index contributed by atoms with van der Waals surface area (Å²) >= 11 is 0. The molecule has 2 N–H and O–H groups in total. The van der Waals surface area contributed by atoms with E-state index >= 15 is 0 Å². The SMILES string of the molecule is CC(C)(C)NCc1ccc(CC(=O)O)cc1. The highest BCUT2D eigenvalue weighted by Crippen LogP contribution is 2.07. The van der Waals surface area contributed by atoms with E-state index in [2.05, 4.69) is 26.1 Å². The van der Waals surface area contributed by atoms with E-state index in [4.69, 9.17) is 5.11 Å². The van der Waals surface area contributed by atoms with E-state index in [9.17, 15) is 4.79 Å². The minimum atomic E-state index is -0.791. The van der Waals surface area contributed by atoms with Gasteiger partial charge in [0.1, 0.15) is 0 Å². The van der Waals surface area contributed by atoms with E-state index in [1.54, 1.807) is 0 Å². The highest BCUT2D eigenvalue weighted by atomic mass is 16.4. The molecule has 0 unspecified atom stereocenters. The molecular formula is C13H19NO2. The van der Waals surface area contributed by atoms with E-state index in [0.29, 0.717) is 0 Å². The summed E-state index contributed by atoms with van der Waals surface area (Å²) in [6.45, 7) is 7.15. The van der Waals surface area contributed by atoms with Crippen LogP contribution in [-0.4, -0.2) is 16.6 Å². The average Bonchev–Trinajstić information content (AvgIpc) is 2.14. The van der Waals surface area contributed by atoms with Gasteiger partial charge in [-0.15, -0.1) is 0 Å². The number of nitrogens with one attached hydrogen (secondary N) is 1. The van der Waals surface area contributed by atoms with Crippen molar-refractivity contribution in [3.05, 3.63) is 35.4 Å². The highest BCUT2D eigenvalue weighted by Gasteiger charge is 2.08. The fraction of sp³-hybridized carbons (Fsp3) is 0.462. The molecule has 0 aromatic heterocycles. The monoisotopic (exact) mass is 221 g/mol. The first-order valence-electron chi connectivity index (χ1n) is 5.41. The summed E-state index contributed by atoms with van der Waals surface area (Å²) in [7, 11) is 0. The minimum Gasteiger partial charge on any atom is -0.481 e. The third-order valence-corrected chi connectivity index (χ3v) is 2.20. The molecule has 0 aliphatic carbocycles. The van der Waals surface area contributed by atoms with Crippen LogP contribution in [0.4, 0.5) is 0 Å². The third-order valence-electron chi connectivity index (χ3n) is 2.20. The molecule has 0 aliphatic heterocycles. The molecule has 1 rings (SSSR count). The molecule has 0 aliphatic rings. The van der Waals surface area contributed by atoms with Crippen LogP contribution >= 0.6 is 0 Å². The van der Waals surface area contributed by atoms with Crippen LogP contribution in [-0.2, 0) is 17.8 Å². The van der Waals surface area contributed by atoms with Crippen molar-refractivity contribution in [3.63, 3.8) is 0 Å². The standard InChI is InChI=1S/C13H19NO2/c1-13(2,3)14-9-11-6-4-10(5-7-11)8-12(15)16/h4-7,14H,8-9H2,1-3H3,(H,15,16). The van der Waals surface area contributed by atoms with Gasteiger partial charge in [0.2, 0.25) is 0 Å². The summed E-state index contributed by atoms with van der Waals surface area (Å²) in [6, 6.07) is 7.68. The number of rotatable bonds is 4. The van der Waals surface area contributed by atoms with Gasteiger partial charge in [-0.2, -0.15) is 0 Å². The number of carboxylic acids is 1. The fourth-order valence-corrected chi connectivity index (χ4v) is 1.32. The molecule has 0 spiro atoms. The molecule has 3 nitrogen and oxygen atoms in total. The predicted octanol–water partition coefficient (Wildman–Crippen LogP) is 2.20. The van der Waals surface area contributed by atoms with Crippen molar-refractivity contribution in [2.75, 3.05) is 0 Å². The smallest absolute Gasteiger partial charge is 0.307 e. The summed E-state index contributed by atoms with van der Waals surface area (Å²) in [5, 5.41) is 12.0. The molecule has 0 saturated heterocycles. The number of carboxylic acid groups (broad SMARTS) is 1. The maximum atomic E-state index is 10.5. The van der Waals surface area contributed by atoms with Gasteiger partial charge in [-0.3, -0.25) is 4.79 Å². The van der Waals surface area contributed by atoms with E-state index in [1.165, 1.54) is 5.56 Å². The van der Waals surface area contributed by atoms with E-state index in [1.807, 2.05) is 24.3 Å². The van der Waals surface area contributed by atoms with Gasteiger partial charge in [0.25, 0.3) is 0 Å². The third kappa shape index (κ3) is 4.94. The molecule has 16 heavy (non-hydrogen) atoms. The van der Waals surface area contributed by atoms with Gasteiger partial charge in [0.15, 0.2) is 0 Å². The lowest BCUT2D eigenvalue weighted by Gasteiger charge is -2.20. The summed E-state index contributed by atoms with van der Waals surface area (Å²) in [4.78, 5) is 10.5. The zero-order valence-electron chi connectivity index (χ0n) is 10.1. The van der Waals surface area contributed by atoms with Gasteiger partial charge in [-0.1, -0.05) is 24.3 Å². The van der Waals surface area contributed by atoms with Crippen LogP contribution in [0.15, 0.2) is 24.3 Å². The largest absolute Gasteiger partial charge is 0.481 e. The molecule has 0 fully saturated rings. The quantitative estimate of drug-likeness (QED) is 0.819. The van der Waals surface area contributed by atoms with Crippen molar-refractivity contribution in [1.29, 1.82) is 0 Å². The summed E-state index contributed by atoms with van der Waals surface area (Å²) < 4.78 is 0. The van der Waals surface area contributed by atoms with Gasteiger partial charge in [-0.25, -0.2) is 0 Å². The summed E-state index contributed by atoms with van der Waals surface area (Å²) in [5.41, 5.74) is 2.11. The van der Waals surface area contributed by atoms with Gasteiger partial charge in [0.05, 0.1) is 6.42 Å². The maximum Gasteiger partial charge on any atom is 0.307 e. The Bertz CT molecular complexity index is 349. The second-order valence-electron chi connectivity index (χ2n) is 4.99. The molecule has 0 atom stereocenters.